The van der Waals surface area contributed by atoms with E-state index in [0.717, 1.165) is 39.3 Å². The first-order valence-corrected chi connectivity index (χ1v) is 9.43. The van der Waals surface area contributed by atoms with Crippen LogP contribution in [0.15, 0.2) is 24.3 Å². The van der Waals surface area contributed by atoms with Gasteiger partial charge in [-0.2, -0.15) is 0 Å². The molecule has 0 aliphatic carbocycles. The molecule has 2 aliphatic heterocycles. The summed E-state index contributed by atoms with van der Waals surface area (Å²) in [6.07, 6.45) is 3.22. The second kappa shape index (κ2) is 8.02. The van der Waals surface area contributed by atoms with Crippen molar-refractivity contribution in [2.45, 2.75) is 33.1 Å². The number of hydrogen-bond acceptors (Lipinski definition) is 3. The summed E-state index contributed by atoms with van der Waals surface area (Å²) in [6, 6.07) is 8.64. The van der Waals surface area contributed by atoms with Crippen LogP contribution in [-0.4, -0.2) is 50.1 Å². The van der Waals surface area contributed by atoms with E-state index < -0.39 is 0 Å². The molecule has 0 aromatic heterocycles. The highest BCUT2D eigenvalue weighted by atomic mass is 16.2. The molecule has 0 radical (unpaired) electrons. The van der Waals surface area contributed by atoms with E-state index in [9.17, 15) is 4.79 Å². The van der Waals surface area contributed by atoms with Crippen molar-refractivity contribution in [3.8, 4) is 0 Å². The third-order valence-electron chi connectivity index (χ3n) is 5.64. The lowest BCUT2D eigenvalue weighted by molar-refractivity contribution is -0.132. The maximum atomic E-state index is 12.6. The number of aryl methyl sites for hydroxylation is 1. The van der Waals surface area contributed by atoms with Crippen LogP contribution in [0.3, 0.4) is 0 Å². The number of benzene rings is 1. The molecule has 0 spiro atoms. The minimum Gasteiger partial charge on any atom is -0.368 e. The van der Waals surface area contributed by atoms with Crippen LogP contribution < -0.4 is 10.2 Å². The molecule has 0 saturated carbocycles. The molecule has 4 heteroatoms. The van der Waals surface area contributed by atoms with Crippen molar-refractivity contribution in [2.24, 2.45) is 11.8 Å². The average Bonchev–Trinajstić information content (AvgIpc) is 2.62. The molecule has 24 heavy (non-hydrogen) atoms. The topological polar surface area (TPSA) is 35.6 Å². The minimum absolute atomic E-state index is 0.344. The maximum Gasteiger partial charge on any atom is 0.222 e. The van der Waals surface area contributed by atoms with Crippen molar-refractivity contribution in [3.05, 3.63) is 29.8 Å². The molecule has 2 saturated heterocycles. The van der Waals surface area contributed by atoms with Gasteiger partial charge < -0.3 is 15.1 Å². The summed E-state index contributed by atoms with van der Waals surface area (Å²) in [7, 11) is 0. The summed E-state index contributed by atoms with van der Waals surface area (Å²) < 4.78 is 0. The van der Waals surface area contributed by atoms with E-state index in [4.69, 9.17) is 0 Å². The molecule has 2 atom stereocenters. The molecular weight excluding hydrogens is 298 g/mol. The van der Waals surface area contributed by atoms with Gasteiger partial charge in [0.25, 0.3) is 0 Å². The Morgan fingerprint density at radius 3 is 2.75 bits per heavy atom. The number of carbonyl (C=O) groups is 1. The molecule has 1 aromatic carbocycles. The Hall–Kier alpha value is -1.55. The van der Waals surface area contributed by atoms with E-state index >= 15 is 0 Å². The lowest BCUT2D eigenvalue weighted by Crippen LogP contribution is -2.49. The van der Waals surface area contributed by atoms with Crippen molar-refractivity contribution in [1.82, 2.24) is 10.2 Å². The number of rotatable bonds is 4. The Bertz CT molecular complexity index is 546. The van der Waals surface area contributed by atoms with E-state index in [1.165, 1.54) is 24.1 Å². The Labute approximate surface area is 146 Å². The third-order valence-corrected chi connectivity index (χ3v) is 5.64. The summed E-state index contributed by atoms with van der Waals surface area (Å²) in [5.41, 5.74) is 2.57. The van der Waals surface area contributed by atoms with Crippen molar-refractivity contribution in [2.75, 3.05) is 44.2 Å². The first-order valence-electron chi connectivity index (χ1n) is 9.43. The van der Waals surface area contributed by atoms with Crippen molar-refractivity contribution in [1.29, 1.82) is 0 Å². The van der Waals surface area contributed by atoms with E-state index in [1.54, 1.807) is 0 Å². The SMILES string of the molecule is Cc1cccc(N2CCN(C(=O)CC(C)C3CCCNC3)CC2)c1. The number of piperidine rings is 1. The highest BCUT2D eigenvalue weighted by Crippen LogP contribution is 2.24. The second-order valence-electron chi connectivity index (χ2n) is 7.49. The molecule has 2 heterocycles. The number of hydrogen-bond donors (Lipinski definition) is 1. The molecule has 2 unspecified atom stereocenters. The van der Waals surface area contributed by atoms with Crippen LogP contribution in [0.4, 0.5) is 5.69 Å². The first-order chi connectivity index (χ1) is 11.6. The van der Waals surface area contributed by atoms with Crippen LogP contribution in [0.2, 0.25) is 0 Å². The van der Waals surface area contributed by atoms with Crippen LogP contribution in [0.25, 0.3) is 0 Å². The molecule has 132 valence electrons. The molecule has 1 N–H and O–H groups in total. The van der Waals surface area contributed by atoms with Crippen molar-refractivity contribution in [3.63, 3.8) is 0 Å². The largest absolute Gasteiger partial charge is 0.368 e. The van der Waals surface area contributed by atoms with Gasteiger partial charge in [0.1, 0.15) is 0 Å². The Kier molecular flexibility index (Phi) is 5.77. The molecule has 1 amide bonds. The van der Waals surface area contributed by atoms with Crippen LogP contribution in [0, 0.1) is 18.8 Å². The highest BCUT2D eigenvalue weighted by molar-refractivity contribution is 5.76. The lowest BCUT2D eigenvalue weighted by Gasteiger charge is -2.37. The predicted molar refractivity (Wildman–Crippen MR) is 99.3 cm³/mol. The Balaban J connectivity index is 1.48. The lowest BCUT2D eigenvalue weighted by atomic mass is 9.85. The Morgan fingerprint density at radius 1 is 1.29 bits per heavy atom. The fourth-order valence-electron chi connectivity index (χ4n) is 3.97. The Morgan fingerprint density at radius 2 is 2.08 bits per heavy atom. The third kappa shape index (κ3) is 4.29. The number of anilines is 1. The summed E-state index contributed by atoms with van der Waals surface area (Å²) in [4.78, 5) is 17.1. The molecule has 3 rings (SSSR count). The molecule has 1 aromatic rings. The first kappa shape index (κ1) is 17.3. The highest BCUT2D eigenvalue weighted by Gasteiger charge is 2.26. The van der Waals surface area contributed by atoms with Gasteiger partial charge in [0, 0.05) is 38.3 Å². The standard InChI is InChI=1S/C20H31N3O/c1-16-5-3-7-19(13-16)22-9-11-23(12-10-22)20(24)14-17(2)18-6-4-8-21-15-18/h3,5,7,13,17-18,21H,4,6,8-12,14-15H2,1-2H3. The van der Waals surface area contributed by atoms with Gasteiger partial charge in [-0.3, -0.25) is 4.79 Å². The van der Waals surface area contributed by atoms with Gasteiger partial charge >= 0.3 is 0 Å². The van der Waals surface area contributed by atoms with Crippen LogP contribution in [0.5, 0.6) is 0 Å². The maximum absolute atomic E-state index is 12.6. The fraction of sp³-hybridized carbons (Fsp3) is 0.650. The predicted octanol–water partition coefficient (Wildman–Crippen LogP) is 2.67. The van der Waals surface area contributed by atoms with Crippen LogP contribution in [-0.2, 0) is 4.79 Å². The number of amides is 1. The summed E-state index contributed by atoms with van der Waals surface area (Å²) in [5, 5.41) is 3.47. The zero-order chi connectivity index (χ0) is 16.9. The van der Waals surface area contributed by atoms with Crippen LogP contribution >= 0.6 is 0 Å². The summed E-state index contributed by atoms with van der Waals surface area (Å²) in [6.45, 7) is 10.2. The van der Waals surface area contributed by atoms with E-state index in [-0.39, 0.29) is 0 Å². The van der Waals surface area contributed by atoms with Crippen molar-refractivity contribution >= 4 is 11.6 Å². The number of piperazine rings is 1. The summed E-state index contributed by atoms with van der Waals surface area (Å²) in [5.74, 6) is 1.49. The smallest absolute Gasteiger partial charge is 0.222 e. The van der Waals surface area contributed by atoms with Gasteiger partial charge in [-0.1, -0.05) is 19.1 Å². The quantitative estimate of drug-likeness (QED) is 0.922. The molecule has 2 fully saturated rings. The van der Waals surface area contributed by atoms with E-state index in [0.29, 0.717) is 24.2 Å². The van der Waals surface area contributed by atoms with E-state index in [1.807, 2.05) is 0 Å². The molecular formula is C20H31N3O. The van der Waals surface area contributed by atoms with Gasteiger partial charge in [0.2, 0.25) is 5.91 Å². The van der Waals surface area contributed by atoms with Gasteiger partial charge in [-0.05, 0) is 62.4 Å². The molecule has 0 bridgehead atoms. The second-order valence-corrected chi connectivity index (χ2v) is 7.49. The molecule has 4 nitrogen and oxygen atoms in total. The van der Waals surface area contributed by atoms with Crippen LogP contribution in [0.1, 0.15) is 31.7 Å². The van der Waals surface area contributed by atoms with Gasteiger partial charge in [-0.15, -0.1) is 0 Å². The molecule has 2 aliphatic rings. The monoisotopic (exact) mass is 329 g/mol. The van der Waals surface area contributed by atoms with Crippen molar-refractivity contribution < 1.29 is 4.79 Å². The van der Waals surface area contributed by atoms with Gasteiger partial charge in [0.15, 0.2) is 0 Å². The minimum atomic E-state index is 0.344. The van der Waals surface area contributed by atoms with E-state index in [2.05, 4.69) is 53.2 Å². The van der Waals surface area contributed by atoms with Gasteiger partial charge in [-0.25, -0.2) is 0 Å². The zero-order valence-corrected chi connectivity index (χ0v) is 15.1. The van der Waals surface area contributed by atoms with Gasteiger partial charge in [0.05, 0.1) is 0 Å². The number of carbonyl (C=O) groups excluding carboxylic acids is 1. The normalized spacial score (nSPS) is 23.2. The summed E-state index contributed by atoms with van der Waals surface area (Å²) >= 11 is 0. The fourth-order valence-corrected chi connectivity index (χ4v) is 3.97. The number of nitrogens with one attached hydrogen (secondary N) is 1. The number of nitrogens with zero attached hydrogens (tertiary/aromatic N) is 2. The zero-order valence-electron chi connectivity index (χ0n) is 15.1. The average molecular weight is 329 g/mol.